The molecule has 1 aromatic rings. The Morgan fingerprint density at radius 2 is 1.78 bits per heavy atom. The van der Waals surface area contributed by atoms with Crippen LogP contribution in [0.1, 0.15) is 17.3 Å². The molecule has 0 bridgehead atoms. The first-order valence-electron chi connectivity index (χ1n) is 6.40. The first-order valence-corrected chi connectivity index (χ1v) is 6.40. The Labute approximate surface area is 108 Å². The van der Waals surface area contributed by atoms with Gasteiger partial charge in [-0.2, -0.15) is 0 Å². The topological polar surface area (TPSA) is 32.8 Å². The van der Waals surface area contributed by atoms with Gasteiger partial charge in [0.15, 0.2) is 0 Å². The number of nitrogens with zero attached hydrogens (tertiary/aromatic N) is 2. The van der Waals surface area contributed by atoms with Crippen LogP contribution in [-0.2, 0) is 0 Å². The van der Waals surface area contributed by atoms with Crippen LogP contribution in [0.3, 0.4) is 0 Å². The minimum absolute atomic E-state index is 0.119. The van der Waals surface area contributed by atoms with Gasteiger partial charge in [0, 0.05) is 31.7 Å². The zero-order valence-electron chi connectivity index (χ0n) is 11.1. The number of amides is 1. The van der Waals surface area contributed by atoms with Gasteiger partial charge in [0.05, 0.1) is 7.11 Å². The Morgan fingerprint density at radius 3 is 2.28 bits per heavy atom. The van der Waals surface area contributed by atoms with Gasteiger partial charge >= 0.3 is 0 Å². The zero-order valence-corrected chi connectivity index (χ0v) is 11.1. The zero-order chi connectivity index (χ0) is 13.0. The van der Waals surface area contributed by atoms with E-state index in [2.05, 4.69) is 11.8 Å². The number of carbonyl (C=O) groups is 1. The number of hydrogen-bond acceptors (Lipinski definition) is 3. The molecule has 0 radical (unpaired) electrons. The summed E-state index contributed by atoms with van der Waals surface area (Å²) >= 11 is 0. The maximum atomic E-state index is 12.3. The third kappa shape index (κ3) is 2.82. The van der Waals surface area contributed by atoms with Crippen LogP contribution in [0.15, 0.2) is 24.3 Å². The molecule has 1 aliphatic rings. The average Bonchev–Trinajstić information content (AvgIpc) is 2.47. The molecule has 0 saturated carbocycles. The molecule has 18 heavy (non-hydrogen) atoms. The predicted octanol–water partition coefficient (Wildman–Crippen LogP) is 1.47. The van der Waals surface area contributed by atoms with Gasteiger partial charge in [-0.25, -0.2) is 0 Å². The van der Waals surface area contributed by atoms with Gasteiger partial charge in [-0.1, -0.05) is 6.92 Å². The van der Waals surface area contributed by atoms with Gasteiger partial charge in [0.1, 0.15) is 5.75 Å². The summed E-state index contributed by atoms with van der Waals surface area (Å²) in [5, 5.41) is 0. The normalized spacial score (nSPS) is 16.7. The van der Waals surface area contributed by atoms with E-state index < -0.39 is 0 Å². The van der Waals surface area contributed by atoms with E-state index in [1.54, 1.807) is 7.11 Å². The number of piperazine rings is 1. The highest BCUT2D eigenvalue weighted by Gasteiger charge is 2.21. The molecule has 0 atom stereocenters. The molecule has 0 N–H and O–H groups in total. The molecule has 4 heteroatoms. The molecule has 4 nitrogen and oxygen atoms in total. The fourth-order valence-electron chi connectivity index (χ4n) is 2.18. The molecular weight excluding hydrogens is 228 g/mol. The van der Waals surface area contributed by atoms with Crippen LogP contribution in [-0.4, -0.2) is 55.5 Å². The summed E-state index contributed by atoms with van der Waals surface area (Å²) < 4.78 is 5.09. The van der Waals surface area contributed by atoms with Crippen molar-refractivity contribution < 1.29 is 9.53 Å². The number of methoxy groups -OCH3 is 1. The van der Waals surface area contributed by atoms with Crippen LogP contribution in [0.25, 0.3) is 0 Å². The van der Waals surface area contributed by atoms with E-state index in [4.69, 9.17) is 4.74 Å². The second kappa shape index (κ2) is 5.87. The summed E-state index contributed by atoms with van der Waals surface area (Å²) in [5.74, 6) is 0.899. The molecule has 2 rings (SSSR count). The monoisotopic (exact) mass is 248 g/mol. The number of benzene rings is 1. The third-order valence-electron chi connectivity index (χ3n) is 3.44. The summed E-state index contributed by atoms with van der Waals surface area (Å²) in [6, 6.07) is 7.31. The summed E-state index contributed by atoms with van der Waals surface area (Å²) in [4.78, 5) is 16.5. The molecule has 0 aromatic heterocycles. The minimum Gasteiger partial charge on any atom is -0.497 e. The van der Waals surface area contributed by atoms with Crippen LogP contribution in [0.5, 0.6) is 5.75 Å². The molecule has 1 heterocycles. The van der Waals surface area contributed by atoms with Crippen molar-refractivity contribution in [1.29, 1.82) is 0 Å². The van der Waals surface area contributed by atoms with E-state index in [1.165, 1.54) is 0 Å². The Bertz CT molecular complexity index is 395. The molecule has 1 amide bonds. The smallest absolute Gasteiger partial charge is 0.253 e. The largest absolute Gasteiger partial charge is 0.497 e. The summed E-state index contributed by atoms with van der Waals surface area (Å²) in [6.07, 6.45) is 0. The first kappa shape index (κ1) is 12.9. The van der Waals surface area contributed by atoms with Crippen molar-refractivity contribution in [3.05, 3.63) is 29.8 Å². The Kier molecular flexibility index (Phi) is 4.20. The first-order chi connectivity index (χ1) is 8.74. The highest BCUT2D eigenvalue weighted by Crippen LogP contribution is 2.14. The highest BCUT2D eigenvalue weighted by atomic mass is 16.5. The minimum atomic E-state index is 0.119. The molecule has 1 saturated heterocycles. The molecule has 1 aliphatic heterocycles. The molecule has 0 spiro atoms. The van der Waals surface area contributed by atoms with E-state index in [-0.39, 0.29) is 5.91 Å². The van der Waals surface area contributed by atoms with Gasteiger partial charge in [-0.15, -0.1) is 0 Å². The quantitative estimate of drug-likeness (QED) is 0.812. The van der Waals surface area contributed by atoms with E-state index >= 15 is 0 Å². The SMILES string of the molecule is CCN1CCN(C(=O)c2ccc(OC)cc2)CC1. The lowest BCUT2D eigenvalue weighted by Gasteiger charge is -2.34. The predicted molar refractivity (Wildman–Crippen MR) is 71.0 cm³/mol. The van der Waals surface area contributed by atoms with Crippen molar-refractivity contribution in [1.82, 2.24) is 9.80 Å². The van der Waals surface area contributed by atoms with Gasteiger partial charge in [0.25, 0.3) is 5.91 Å². The fraction of sp³-hybridized carbons (Fsp3) is 0.500. The standard InChI is InChI=1S/C14H20N2O2/c1-3-15-8-10-16(11-9-15)14(17)12-4-6-13(18-2)7-5-12/h4-7H,3,8-11H2,1-2H3. The highest BCUT2D eigenvalue weighted by molar-refractivity contribution is 5.94. The second-order valence-corrected chi connectivity index (χ2v) is 4.45. The molecule has 1 fully saturated rings. The maximum Gasteiger partial charge on any atom is 0.253 e. The number of rotatable bonds is 3. The van der Waals surface area contributed by atoms with Gasteiger partial charge in [-0.3, -0.25) is 4.79 Å². The lowest BCUT2D eigenvalue weighted by Crippen LogP contribution is -2.48. The molecule has 1 aromatic carbocycles. The summed E-state index contributed by atoms with van der Waals surface area (Å²) in [5.41, 5.74) is 0.737. The average molecular weight is 248 g/mol. The van der Waals surface area contributed by atoms with Crippen LogP contribution < -0.4 is 4.74 Å². The van der Waals surface area contributed by atoms with Gasteiger partial charge < -0.3 is 14.5 Å². The van der Waals surface area contributed by atoms with Crippen molar-refractivity contribution in [2.24, 2.45) is 0 Å². The van der Waals surface area contributed by atoms with E-state index in [9.17, 15) is 4.79 Å². The number of ether oxygens (including phenoxy) is 1. The Hall–Kier alpha value is -1.55. The van der Waals surface area contributed by atoms with Crippen molar-refractivity contribution in [2.75, 3.05) is 39.8 Å². The summed E-state index contributed by atoms with van der Waals surface area (Å²) in [7, 11) is 1.63. The molecular formula is C14H20N2O2. The second-order valence-electron chi connectivity index (χ2n) is 4.45. The lowest BCUT2D eigenvalue weighted by molar-refractivity contribution is 0.0643. The van der Waals surface area contributed by atoms with Gasteiger partial charge in [0.2, 0.25) is 0 Å². The maximum absolute atomic E-state index is 12.3. The van der Waals surface area contributed by atoms with Crippen LogP contribution in [0.4, 0.5) is 0 Å². The van der Waals surface area contributed by atoms with E-state index in [0.717, 1.165) is 44.0 Å². The molecule has 0 aliphatic carbocycles. The fourth-order valence-corrected chi connectivity index (χ4v) is 2.18. The van der Waals surface area contributed by atoms with Crippen molar-refractivity contribution in [3.63, 3.8) is 0 Å². The van der Waals surface area contributed by atoms with Crippen LogP contribution in [0.2, 0.25) is 0 Å². The Morgan fingerprint density at radius 1 is 1.17 bits per heavy atom. The van der Waals surface area contributed by atoms with Crippen molar-refractivity contribution >= 4 is 5.91 Å². The lowest BCUT2D eigenvalue weighted by atomic mass is 10.1. The number of likely N-dealkylation sites (N-methyl/N-ethyl adjacent to an activating group) is 1. The number of carbonyl (C=O) groups excluding carboxylic acids is 1. The molecule has 0 unspecified atom stereocenters. The van der Waals surface area contributed by atoms with E-state index in [0.29, 0.717) is 0 Å². The Balaban J connectivity index is 1.98. The van der Waals surface area contributed by atoms with Crippen molar-refractivity contribution in [2.45, 2.75) is 6.92 Å². The van der Waals surface area contributed by atoms with E-state index in [1.807, 2.05) is 29.2 Å². The number of hydrogen-bond donors (Lipinski definition) is 0. The van der Waals surface area contributed by atoms with Crippen LogP contribution in [0, 0.1) is 0 Å². The van der Waals surface area contributed by atoms with Crippen LogP contribution >= 0.6 is 0 Å². The third-order valence-corrected chi connectivity index (χ3v) is 3.44. The molecule has 98 valence electrons. The van der Waals surface area contributed by atoms with Crippen molar-refractivity contribution in [3.8, 4) is 5.75 Å². The summed E-state index contributed by atoms with van der Waals surface area (Å²) in [6.45, 7) is 6.79. The van der Waals surface area contributed by atoms with Gasteiger partial charge in [-0.05, 0) is 30.8 Å².